The number of amides is 2. The first-order valence-electron chi connectivity index (χ1n) is 8.96. The van der Waals surface area contributed by atoms with Crippen molar-refractivity contribution in [2.24, 2.45) is 0 Å². The smallest absolute Gasteiger partial charge is 0.326 e. The highest BCUT2D eigenvalue weighted by molar-refractivity contribution is 5.87. The molecule has 1 saturated carbocycles. The first-order chi connectivity index (χ1) is 12.1. The van der Waals surface area contributed by atoms with E-state index in [-0.39, 0.29) is 24.4 Å². The highest BCUT2D eigenvalue weighted by Gasteiger charge is 2.31. The Morgan fingerprint density at radius 1 is 1.16 bits per heavy atom. The van der Waals surface area contributed by atoms with Crippen LogP contribution in [0.25, 0.3) is 0 Å². The zero-order chi connectivity index (χ0) is 17.6. The summed E-state index contributed by atoms with van der Waals surface area (Å²) in [6.45, 7) is 0.469. The lowest BCUT2D eigenvalue weighted by Gasteiger charge is -2.22. The molecule has 1 heterocycles. The van der Waals surface area contributed by atoms with Gasteiger partial charge in [-0.2, -0.15) is 0 Å². The summed E-state index contributed by atoms with van der Waals surface area (Å²) in [6, 6.07) is 9.17. The van der Waals surface area contributed by atoms with Gasteiger partial charge in [0, 0.05) is 24.6 Å². The van der Waals surface area contributed by atoms with E-state index in [4.69, 9.17) is 4.74 Å². The van der Waals surface area contributed by atoms with Gasteiger partial charge in [-0.3, -0.25) is 14.4 Å². The molecule has 2 aliphatic rings. The number of hydrogen-bond acceptors (Lipinski definition) is 4. The SMILES string of the molecule is O=C(CN1CCCCCC1=O)O[C@H](C(=O)NC1CC1)c1ccccc1. The molecule has 6 nitrogen and oxygen atoms in total. The van der Waals surface area contributed by atoms with E-state index in [1.807, 2.05) is 6.07 Å². The summed E-state index contributed by atoms with van der Waals surface area (Å²) in [4.78, 5) is 38.4. The molecule has 1 atom stereocenters. The van der Waals surface area contributed by atoms with Gasteiger partial charge in [0.25, 0.3) is 5.91 Å². The van der Waals surface area contributed by atoms with Crippen molar-refractivity contribution in [3.05, 3.63) is 35.9 Å². The minimum atomic E-state index is -0.976. The highest BCUT2D eigenvalue weighted by Crippen LogP contribution is 2.23. The molecule has 3 rings (SSSR count). The number of ether oxygens (including phenoxy) is 1. The molecule has 1 aromatic carbocycles. The Kier molecular flexibility index (Phi) is 5.68. The molecule has 1 aliphatic heterocycles. The second-order valence-corrected chi connectivity index (χ2v) is 6.69. The summed E-state index contributed by atoms with van der Waals surface area (Å²) in [5, 5.41) is 2.88. The molecule has 1 N–H and O–H groups in total. The van der Waals surface area contributed by atoms with Crippen molar-refractivity contribution in [2.75, 3.05) is 13.1 Å². The van der Waals surface area contributed by atoms with Gasteiger partial charge in [-0.1, -0.05) is 36.8 Å². The zero-order valence-electron chi connectivity index (χ0n) is 14.3. The van der Waals surface area contributed by atoms with Gasteiger partial charge in [-0.25, -0.2) is 0 Å². The molecule has 25 heavy (non-hydrogen) atoms. The summed E-state index contributed by atoms with van der Waals surface area (Å²) in [5.74, 6) is -0.868. The van der Waals surface area contributed by atoms with Crippen molar-refractivity contribution in [1.29, 1.82) is 0 Å². The van der Waals surface area contributed by atoms with Crippen LogP contribution in [-0.4, -0.2) is 41.8 Å². The lowest BCUT2D eigenvalue weighted by Crippen LogP contribution is -2.39. The molecule has 2 fully saturated rings. The Bertz CT molecular complexity index is 628. The second kappa shape index (κ2) is 8.14. The monoisotopic (exact) mass is 344 g/mol. The van der Waals surface area contributed by atoms with Gasteiger partial charge in [-0.05, 0) is 25.7 Å². The predicted molar refractivity (Wildman–Crippen MR) is 91.5 cm³/mol. The van der Waals surface area contributed by atoms with Crippen molar-refractivity contribution < 1.29 is 19.1 Å². The molecule has 0 aromatic heterocycles. The Hall–Kier alpha value is -2.37. The fraction of sp³-hybridized carbons (Fsp3) is 0.526. The van der Waals surface area contributed by atoms with Gasteiger partial charge in [0.05, 0.1) is 0 Å². The van der Waals surface area contributed by atoms with Crippen LogP contribution in [0.4, 0.5) is 0 Å². The predicted octanol–water partition coefficient (Wildman–Crippen LogP) is 1.95. The fourth-order valence-corrected chi connectivity index (χ4v) is 2.94. The van der Waals surface area contributed by atoms with Crippen LogP contribution in [0.2, 0.25) is 0 Å². The molecular weight excluding hydrogens is 320 g/mol. The first-order valence-corrected chi connectivity index (χ1v) is 8.96. The number of esters is 1. The summed E-state index contributed by atoms with van der Waals surface area (Å²) in [7, 11) is 0. The number of carbonyl (C=O) groups excluding carboxylic acids is 3. The minimum absolute atomic E-state index is 0.0202. The summed E-state index contributed by atoms with van der Waals surface area (Å²) in [6.07, 6.45) is 4.17. The summed E-state index contributed by atoms with van der Waals surface area (Å²) < 4.78 is 5.47. The van der Waals surface area contributed by atoms with Crippen molar-refractivity contribution in [3.63, 3.8) is 0 Å². The Labute approximate surface area is 147 Å². The minimum Gasteiger partial charge on any atom is -0.446 e. The topological polar surface area (TPSA) is 75.7 Å². The lowest BCUT2D eigenvalue weighted by atomic mass is 10.1. The van der Waals surface area contributed by atoms with E-state index in [1.165, 1.54) is 4.90 Å². The maximum absolute atomic E-state index is 12.5. The largest absolute Gasteiger partial charge is 0.446 e. The van der Waals surface area contributed by atoms with Crippen LogP contribution in [-0.2, 0) is 19.1 Å². The van der Waals surface area contributed by atoms with E-state index < -0.39 is 12.1 Å². The normalized spacial score (nSPS) is 19.0. The highest BCUT2D eigenvalue weighted by atomic mass is 16.5. The number of likely N-dealkylation sites (tertiary alicyclic amines) is 1. The quantitative estimate of drug-likeness (QED) is 0.801. The van der Waals surface area contributed by atoms with Crippen LogP contribution in [0.1, 0.15) is 50.2 Å². The number of benzene rings is 1. The van der Waals surface area contributed by atoms with Crippen LogP contribution in [0.15, 0.2) is 30.3 Å². The van der Waals surface area contributed by atoms with Gasteiger partial charge in [0.2, 0.25) is 12.0 Å². The van der Waals surface area contributed by atoms with Crippen LogP contribution in [0.5, 0.6) is 0 Å². The van der Waals surface area contributed by atoms with E-state index in [0.29, 0.717) is 18.5 Å². The van der Waals surface area contributed by atoms with Crippen molar-refractivity contribution in [2.45, 2.75) is 50.7 Å². The molecule has 1 saturated heterocycles. The third-order valence-corrected chi connectivity index (χ3v) is 4.50. The van der Waals surface area contributed by atoms with Gasteiger partial charge in [0.15, 0.2) is 0 Å². The van der Waals surface area contributed by atoms with E-state index in [1.54, 1.807) is 24.3 Å². The van der Waals surface area contributed by atoms with Crippen molar-refractivity contribution >= 4 is 17.8 Å². The molecule has 0 unspecified atom stereocenters. The average Bonchev–Trinajstić information content (AvgIpc) is 3.43. The number of carbonyl (C=O) groups is 3. The van der Waals surface area contributed by atoms with E-state index in [0.717, 1.165) is 32.1 Å². The van der Waals surface area contributed by atoms with Crippen molar-refractivity contribution in [1.82, 2.24) is 10.2 Å². The van der Waals surface area contributed by atoms with E-state index >= 15 is 0 Å². The molecule has 134 valence electrons. The van der Waals surface area contributed by atoms with Crippen molar-refractivity contribution in [3.8, 4) is 0 Å². The van der Waals surface area contributed by atoms with Crippen LogP contribution < -0.4 is 5.32 Å². The van der Waals surface area contributed by atoms with Gasteiger partial charge < -0.3 is 15.0 Å². The number of hydrogen-bond donors (Lipinski definition) is 1. The Morgan fingerprint density at radius 2 is 1.92 bits per heavy atom. The lowest BCUT2D eigenvalue weighted by molar-refractivity contribution is -0.159. The van der Waals surface area contributed by atoms with Gasteiger partial charge in [0.1, 0.15) is 6.54 Å². The average molecular weight is 344 g/mol. The van der Waals surface area contributed by atoms with Crippen LogP contribution in [0.3, 0.4) is 0 Å². The Morgan fingerprint density at radius 3 is 2.64 bits per heavy atom. The third kappa shape index (κ3) is 5.05. The fourth-order valence-electron chi connectivity index (χ4n) is 2.94. The standard InChI is InChI=1S/C19H24N2O4/c22-16-9-5-2-6-12-21(16)13-17(23)25-18(14-7-3-1-4-8-14)19(24)20-15-10-11-15/h1,3-4,7-8,15,18H,2,5-6,9-13H2,(H,20,24)/t18-/m0/s1. The second-order valence-electron chi connectivity index (χ2n) is 6.69. The molecule has 0 radical (unpaired) electrons. The van der Waals surface area contributed by atoms with Crippen LogP contribution in [0, 0.1) is 0 Å². The summed E-state index contributed by atoms with van der Waals surface area (Å²) >= 11 is 0. The maximum atomic E-state index is 12.5. The molecule has 6 heteroatoms. The van der Waals surface area contributed by atoms with E-state index in [9.17, 15) is 14.4 Å². The third-order valence-electron chi connectivity index (χ3n) is 4.50. The molecular formula is C19H24N2O4. The molecule has 0 spiro atoms. The van der Waals surface area contributed by atoms with Crippen LogP contribution >= 0.6 is 0 Å². The maximum Gasteiger partial charge on any atom is 0.326 e. The van der Waals surface area contributed by atoms with Gasteiger partial charge in [-0.15, -0.1) is 0 Å². The molecule has 1 aliphatic carbocycles. The zero-order valence-corrected chi connectivity index (χ0v) is 14.3. The number of rotatable bonds is 6. The van der Waals surface area contributed by atoms with Gasteiger partial charge >= 0.3 is 5.97 Å². The molecule has 0 bridgehead atoms. The number of nitrogens with one attached hydrogen (secondary N) is 1. The first kappa shape index (κ1) is 17.5. The molecule has 1 aromatic rings. The Balaban J connectivity index is 1.65. The van der Waals surface area contributed by atoms with E-state index in [2.05, 4.69) is 5.32 Å². The number of nitrogens with zero attached hydrogens (tertiary/aromatic N) is 1. The molecule has 2 amide bonds. The summed E-state index contributed by atoms with van der Waals surface area (Å²) in [5.41, 5.74) is 0.635.